The van der Waals surface area contributed by atoms with Gasteiger partial charge in [0.1, 0.15) is 12.1 Å². The summed E-state index contributed by atoms with van der Waals surface area (Å²) in [6, 6.07) is -0.144. The summed E-state index contributed by atoms with van der Waals surface area (Å²) in [5.41, 5.74) is -0.755. The van der Waals surface area contributed by atoms with E-state index < -0.39 is 11.6 Å². The lowest BCUT2D eigenvalue weighted by Gasteiger charge is -2.36. The number of amides is 4. The molecule has 3 fully saturated rings. The van der Waals surface area contributed by atoms with Gasteiger partial charge in [-0.3, -0.25) is 14.5 Å². The molecule has 3 aliphatic rings. The number of urea groups is 1. The van der Waals surface area contributed by atoms with Crippen LogP contribution in [0.2, 0.25) is 0 Å². The summed E-state index contributed by atoms with van der Waals surface area (Å²) in [6.45, 7) is 4.89. The number of hydrogen-bond acceptors (Lipinski definition) is 3. The number of nitrogens with zero attached hydrogens (tertiary/aromatic N) is 2. The second-order valence-corrected chi connectivity index (χ2v) is 7.90. The third-order valence-electron chi connectivity index (χ3n) is 6.49. The van der Waals surface area contributed by atoms with Gasteiger partial charge in [-0.25, -0.2) is 4.79 Å². The number of imide groups is 1. The highest BCUT2D eigenvalue weighted by molar-refractivity contribution is 6.09. The lowest BCUT2D eigenvalue weighted by atomic mass is 9.75. The molecule has 25 heavy (non-hydrogen) atoms. The van der Waals surface area contributed by atoms with Crippen LogP contribution in [0, 0.1) is 5.92 Å². The van der Waals surface area contributed by atoms with Crippen molar-refractivity contribution in [1.82, 2.24) is 15.1 Å². The molecule has 0 bridgehead atoms. The molecule has 2 saturated heterocycles. The summed E-state index contributed by atoms with van der Waals surface area (Å²) in [5, 5.41) is 2.91. The van der Waals surface area contributed by atoms with Crippen LogP contribution in [0.15, 0.2) is 0 Å². The van der Waals surface area contributed by atoms with Crippen LogP contribution < -0.4 is 5.32 Å². The van der Waals surface area contributed by atoms with Crippen LogP contribution >= 0.6 is 0 Å². The Morgan fingerprint density at radius 1 is 1.12 bits per heavy atom. The van der Waals surface area contributed by atoms with Crippen LogP contribution in [0.4, 0.5) is 4.79 Å². The lowest BCUT2D eigenvalue weighted by molar-refractivity contribution is -0.141. The van der Waals surface area contributed by atoms with Gasteiger partial charge in [0.15, 0.2) is 0 Å². The molecule has 1 N–H and O–H groups in total. The van der Waals surface area contributed by atoms with Crippen LogP contribution in [-0.2, 0) is 9.59 Å². The Labute approximate surface area is 150 Å². The molecule has 1 aliphatic carbocycles. The number of rotatable bonds is 4. The third-order valence-corrected chi connectivity index (χ3v) is 6.49. The molecular weight excluding hydrogens is 318 g/mol. The Balaban J connectivity index is 1.66. The number of carbonyl (C=O) groups is 3. The lowest BCUT2D eigenvalue weighted by Crippen LogP contribution is -2.51. The fourth-order valence-corrected chi connectivity index (χ4v) is 4.72. The molecule has 0 aromatic heterocycles. The Morgan fingerprint density at radius 3 is 2.48 bits per heavy atom. The molecule has 1 spiro atoms. The summed E-state index contributed by atoms with van der Waals surface area (Å²) in [5.74, 6) is 0.365. The standard InChI is InChI=1S/C19H31N3O3/c1-3-14-8-10-19(11-9-14)17(24)22(18(25)20-19)13-16(23)21-12-6-5-7-15(21)4-2/h14-15H,3-13H2,1-2H3,(H,20,25). The highest BCUT2D eigenvalue weighted by Gasteiger charge is 2.52. The maximum atomic E-state index is 12.9. The van der Waals surface area contributed by atoms with Crippen molar-refractivity contribution in [3.8, 4) is 0 Å². The van der Waals surface area contributed by atoms with Crippen molar-refractivity contribution in [3.05, 3.63) is 0 Å². The first-order chi connectivity index (χ1) is 12.0. The van der Waals surface area contributed by atoms with Crippen molar-refractivity contribution in [2.45, 2.75) is 83.2 Å². The van der Waals surface area contributed by atoms with E-state index in [1.54, 1.807) is 0 Å². The van der Waals surface area contributed by atoms with Gasteiger partial charge in [-0.15, -0.1) is 0 Å². The second-order valence-electron chi connectivity index (χ2n) is 7.90. The first-order valence-electron chi connectivity index (χ1n) is 9.94. The summed E-state index contributed by atoms with van der Waals surface area (Å²) in [6.07, 6.45) is 8.54. The van der Waals surface area contributed by atoms with Crippen molar-refractivity contribution in [2.24, 2.45) is 5.92 Å². The molecule has 2 heterocycles. The summed E-state index contributed by atoms with van der Waals surface area (Å²) >= 11 is 0. The maximum Gasteiger partial charge on any atom is 0.325 e. The fourth-order valence-electron chi connectivity index (χ4n) is 4.72. The molecule has 140 valence electrons. The molecule has 0 aromatic carbocycles. The normalized spacial score (nSPS) is 33.0. The van der Waals surface area contributed by atoms with Crippen molar-refractivity contribution < 1.29 is 14.4 Å². The van der Waals surface area contributed by atoms with Crippen molar-refractivity contribution in [1.29, 1.82) is 0 Å². The Morgan fingerprint density at radius 2 is 1.84 bits per heavy atom. The van der Waals surface area contributed by atoms with Crippen LogP contribution in [0.5, 0.6) is 0 Å². The van der Waals surface area contributed by atoms with E-state index >= 15 is 0 Å². The molecule has 0 aromatic rings. The zero-order chi connectivity index (χ0) is 18.0. The van der Waals surface area contributed by atoms with Gasteiger partial charge in [0.2, 0.25) is 5.91 Å². The minimum Gasteiger partial charge on any atom is -0.338 e. The van der Waals surface area contributed by atoms with E-state index in [1.807, 2.05) is 4.90 Å². The van der Waals surface area contributed by atoms with Crippen LogP contribution in [0.1, 0.15) is 71.6 Å². The molecule has 1 saturated carbocycles. The minimum atomic E-state index is -0.755. The quantitative estimate of drug-likeness (QED) is 0.793. The topological polar surface area (TPSA) is 69.7 Å². The highest BCUT2D eigenvalue weighted by atomic mass is 16.2. The van der Waals surface area contributed by atoms with Gasteiger partial charge < -0.3 is 10.2 Å². The largest absolute Gasteiger partial charge is 0.338 e. The van der Waals surface area contributed by atoms with Crippen molar-refractivity contribution >= 4 is 17.8 Å². The van der Waals surface area contributed by atoms with E-state index in [1.165, 1.54) is 0 Å². The molecule has 1 atom stereocenters. The number of nitrogens with one attached hydrogen (secondary N) is 1. The Hall–Kier alpha value is -1.59. The molecule has 6 nitrogen and oxygen atoms in total. The molecule has 2 aliphatic heterocycles. The van der Waals surface area contributed by atoms with E-state index in [9.17, 15) is 14.4 Å². The SMILES string of the molecule is CCC1CCC2(CC1)NC(=O)N(CC(=O)N1CCCCC1CC)C2=O. The Bertz CT molecular complexity index is 540. The van der Waals surface area contributed by atoms with Gasteiger partial charge in [-0.2, -0.15) is 0 Å². The van der Waals surface area contributed by atoms with Gasteiger partial charge >= 0.3 is 6.03 Å². The van der Waals surface area contributed by atoms with Gasteiger partial charge in [0.25, 0.3) is 5.91 Å². The molecular formula is C19H31N3O3. The number of hydrogen-bond donors (Lipinski definition) is 1. The number of carbonyl (C=O) groups excluding carboxylic acids is 3. The Kier molecular flexibility index (Phi) is 5.35. The zero-order valence-corrected chi connectivity index (χ0v) is 15.6. The van der Waals surface area contributed by atoms with Crippen LogP contribution in [-0.4, -0.2) is 52.3 Å². The third kappa shape index (κ3) is 3.40. The summed E-state index contributed by atoms with van der Waals surface area (Å²) < 4.78 is 0. The fraction of sp³-hybridized carbons (Fsp3) is 0.842. The molecule has 6 heteroatoms. The van der Waals surface area contributed by atoms with E-state index in [2.05, 4.69) is 19.2 Å². The van der Waals surface area contributed by atoms with Crippen LogP contribution in [0.3, 0.4) is 0 Å². The maximum absolute atomic E-state index is 12.9. The average Bonchev–Trinajstić information content (AvgIpc) is 2.86. The predicted molar refractivity (Wildman–Crippen MR) is 94.9 cm³/mol. The van der Waals surface area contributed by atoms with Gasteiger partial charge in [0.05, 0.1) is 0 Å². The van der Waals surface area contributed by atoms with Crippen molar-refractivity contribution in [2.75, 3.05) is 13.1 Å². The van der Waals surface area contributed by atoms with Gasteiger partial charge in [0, 0.05) is 12.6 Å². The van der Waals surface area contributed by atoms with E-state index in [4.69, 9.17) is 0 Å². The van der Waals surface area contributed by atoms with E-state index in [0.29, 0.717) is 18.8 Å². The van der Waals surface area contributed by atoms with Gasteiger partial charge in [-0.05, 0) is 57.3 Å². The predicted octanol–water partition coefficient (Wildman–Crippen LogP) is 2.67. The van der Waals surface area contributed by atoms with Crippen molar-refractivity contribution in [3.63, 3.8) is 0 Å². The van der Waals surface area contributed by atoms with E-state index in [0.717, 1.165) is 56.4 Å². The van der Waals surface area contributed by atoms with E-state index in [-0.39, 0.29) is 24.4 Å². The first-order valence-corrected chi connectivity index (χ1v) is 9.94. The minimum absolute atomic E-state index is 0.0886. The second kappa shape index (κ2) is 7.34. The summed E-state index contributed by atoms with van der Waals surface area (Å²) in [4.78, 5) is 41.1. The molecule has 1 unspecified atom stereocenters. The monoisotopic (exact) mass is 349 g/mol. The highest BCUT2D eigenvalue weighted by Crippen LogP contribution is 2.37. The first kappa shape index (κ1) is 18.2. The molecule has 0 radical (unpaired) electrons. The van der Waals surface area contributed by atoms with Crippen LogP contribution in [0.25, 0.3) is 0 Å². The van der Waals surface area contributed by atoms with Gasteiger partial charge in [-0.1, -0.05) is 20.3 Å². The summed E-state index contributed by atoms with van der Waals surface area (Å²) in [7, 11) is 0. The number of likely N-dealkylation sites (tertiary alicyclic amines) is 1. The molecule has 3 rings (SSSR count). The molecule has 4 amide bonds. The average molecular weight is 349 g/mol. The number of piperidine rings is 1. The smallest absolute Gasteiger partial charge is 0.325 e. The zero-order valence-electron chi connectivity index (χ0n) is 15.6.